The molecule has 3 unspecified atom stereocenters. The van der Waals surface area contributed by atoms with Gasteiger partial charge in [0.1, 0.15) is 12.6 Å². The first-order valence-corrected chi connectivity index (χ1v) is 13.0. The molecule has 0 aliphatic carbocycles. The molecule has 2 fully saturated rings. The molecule has 0 bridgehead atoms. The standard InChI is InChI=1S/C27H42N4O4/c1-19(2)13-22-15-30(17-25(32)28-22)16-23(14-20(3)4)29-26(33)24-11-8-12-31(24)27(34)35-18-21-9-6-5-7-10-21/h5-7,9-10,19-20,22-24H,8,11-18H2,1-4H3,(H,28,32)(H,29,33). The van der Waals surface area contributed by atoms with E-state index in [4.69, 9.17) is 4.74 Å². The lowest BCUT2D eigenvalue weighted by atomic mass is 9.99. The van der Waals surface area contributed by atoms with E-state index >= 15 is 0 Å². The summed E-state index contributed by atoms with van der Waals surface area (Å²) < 4.78 is 5.49. The first-order valence-electron chi connectivity index (χ1n) is 13.0. The summed E-state index contributed by atoms with van der Waals surface area (Å²) in [5.41, 5.74) is 0.916. The number of hydrogen-bond donors (Lipinski definition) is 2. The maximum atomic E-state index is 13.3. The van der Waals surface area contributed by atoms with Crippen molar-refractivity contribution >= 4 is 17.9 Å². The third kappa shape index (κ3) is 8.53. The van der Waals surface area contributed by atoms with Gasteiger partial charge in [-0.25, -0.2) is 4.79 Å². The van der Waals surface area contributed by atoms with Gasteiger partial charge in [0.25, 0.3) is 0 Å². The van der Waals surface area contributed by atoms with Crippen molar-refractivity contribution < 1.29 is 19.1 Å². The second-order valence-electron chi connectivity index (χ2n) is 10.8. The first-order chi connectivity index (χ1) is 16.7. The summed E-state index contributed by atoms with van der Waals surface area (Å²) in [6, 6.07) is 9.07. The van der Waals surface area contributed by atoms with E-state index in [1.807, 2.05) is 30.3 Å². The van der Waals surface area contributed by atoms with E-state index in [0.717, 1.165) is 31.4 Å². The van der Waals surface area contributed by atoms with Gasteiger partial charge in [0.2, 0.25) is 11.8 Å². The van der Waals surface area contributed by atoms with Gasteiger partial charge in [0.15, 0.2) is 0 Å². The number of nitrogens with one attached hydrogen (secondary N) is 2. The highest BCUT2D eigenvalue weighted by atomic mass is 16.6. The van der Waals surface area contributed by atoms with E-state index in [-0.39, 0.29) is 30.5 Å². The molecule has 3 rings (SSSR count). The highest BCUT2D eigenvalue weighted by molar-refractivity contribution is 5.86. The van der Waals surface area contributed by atoms with Crippen LogP contribution in [-0.2, 0) is 20.9 Å². The van der Waals surface area contributed by atoms with Gasteiger partial charge in [-0.3, -0.25) is 19.4 Å². The molecule has 0 radical (unpaired) electrons. The fourth-order valence-corrected chi connectivity index (χ4v) is 5.16. The van der Waals surface area contributed by atoms with E-state index in [2.05, 4.69) is 43.2 Å². The zero-order valence-electron chi connectivity index (χ0n) is 21.7. The Balaban J connectivity index is 1.58. The molecule has 2 saturated heterocycles. The lowest BCUT2D eigenvalue weighted by Gasteiger charge is -2.36. The Morgan fingerprint density at radius 3 is 2.57 bits per heavy atom. The van der Waals surface area contributed by atoms with E-state index in [0.29, 0.717) is 37.9 Å². The van der Waals surface area contributed by atoms with Crippen LogP contribution in [0.3, 0.4) is 0 Å². The van der Waals surface area contributed by atoms with Crippen LogP contribution in [0.5, 0.6) is 0 Å². The minimum atomic E-state index is -0.522. The van der Waals surface area contributed by atoms with Crippen molar-refractivity contribution in [3.63, 3.8) is 0 Å². The summed E-state index contributed by atoms with van der Waals surface area (Å²) in [4.78, 5) is 42.0. The van der Waals surface area contributed by atoms with Gasteiger partial charge in [-0.15, -0.1) is 0 Å². The Bertz CT molecular complexity index is 845. The van der Waals surface area contributed by atoms with Gasteiger partial charge in [0, 0.05) is 31.7 Å². The molecule has 194 valence electrons. The third-order valence-electron chi connectivity index (χ3n) is 6.54. The molecule has 2 aliphatic rings. The second kappa shape index (κ2) is 12.9. The Labute approximate surface area is 209 Å². The summed E-state index contributed by atoms with van der Waals surface area (Å²) >= 11 is 0. The molecule has 1 aromatic rings. The summed E-state index contributed by atoms with van der Waals surface area (Å²) in [6.45, 7) is 11.0. The normalized spacial score (nSPS) is 21.8. The Morgan fingerprint density at radius 2 is 1.89 bits per heavy atom. The topological polar surface area (TPSA) is 91.0 Å². The van der Waals surface area contributed by atoms with Gasteiger partial charge in [-0.1, -0.05) is 58.0 Å². The Kier molecular flexibility index (Phi) is 9.95. The van der Waals surface area contributed by atoms with Crippen LogP contribution in [0.4, 0.5) is 4.79 Å². The fraction of sp³-hybridized carbons (Fsp3) is 0.667. The monoisotopic (exact) mass is 486 g/mol. The average molecular weight is 487 g/mol. The van der Waals surface area contributed by atoms with E-state index in [1.54, 1.807) is 4.90 Å². The highest BCUT2D eigenvalue weighted by Crippen LogP contribution is 2.20. The minimum Gasteiger partial charge on any atom is -0.445 e. The van der Waals surface area contributed by atoms with Crippen molar-refractivity contribution in [2.45, 2.75) is 78.1 Å². The van der Waals surface area contributed by atoms with Crippen LogP contribution in [0.25, 0.3) is 0 Å². The molecule has 2 aliphatic heterocycles. The number of hydrogen-bond acceptors (Lipinski definition) is 5. The number of carbonyl (C=O) groups excluding carboxylic acids is 3. The van der Waals surface area contributed by atoms with Crippen LogP contribution in [0, 0.1) is 11.8 Å². The van der Waals surface area contributed by atoms with Gasteiger partial charge >= 0.3 is 6.09 Å². The molecule has 0 saturated carbocycles. The lowest BCUT2D eigenvalue weighted by molar-refractivity contribution is -0.126. The van der Waals surface area contributed by atoms with Crippen molar-refractivity contribution in [2.24, 2.45) is 11.8 Å². The van der Waals surface area contributed by atoms with Crippen LogP contribution in [0.1, 0.15) is 58.9 Å². The molecular weight excluding hydrogens is 444 g/mol. The molecule has 8 heteroatoms. The maximum absolute atomic E-state index is 13.3. The van der Waals surface area contributed by atoms with E-state index in [9.17, 15) is 14.4 Å². The van der Waals surface area contributed by atoms with E-state index in [1.165, 1.54) is 0 Å². The predicted octanol–water partition coefficient (Wildman–Crippen LogP) is 3.17. The number of nitrogens with zero attached hydrogens (tertiary/aromatic N) is 2. The molecular formula is C27H42N4O4. The second-order valence-corrected chi connectivity index (χ2v) is 10.8. The van der Waals surface area contributed by atoms with Crippen LogP contribution < -0.4 is 10.6 Å². The zero-order valence-corrected chi connectivity index (χ0v) is 21.7. The quantitative estimate of drug-likeness (QED) is 0.530. The van der Waals surface area contributed by atoms with Gasteiger partial charge in [0.05, 0.1) is 6.54 Å². The summed E-state index contributed by atoms with van der Waals surface area (Å²) in [5, 5.41) is 6.30. The number of ether oxygens (including phenoxy) is 1. The summed E-state index contributed by atoms with van der Waals surface area (Å²) in [6.07, 6.45) is 2.70. The van der Waals surface area contributed by atoms with Crippen LogP contribution in [-0.4, -0.2) is 72.0 Å². The summed E-state index contributed by atoms with van der Waals surface area (Å²) in [7, 11) is 0. The largest absolute Gasteiger partial charge is 0.445 e. The predicted molar refractivity (Wildman–Crippen MR) is 136 cm³/mol. The molecule has 2 N–H and O–H groups in total. The highest BCUT2D eigenvalue weighted by Gasteiger charge is 2.36. The third-order valence-corrected chi connectivity index (χ3v) is 6.54. The van der Waals surface area contributed by atoms with E-state index < -0.39 is 12.1 Å². The number of likely N-dealkylation sites (tertiary alicyclic amines) is 1. The number of amides is 3. The molecule has 0 spiro atoms. The SMILES string of the molecule is CC(C)CC1CN(CC(CC(C)C)NC(=O)C2CCCN2C(=O)OCc2ccccc2)CC(=O)N1. The van der Waals surface area contributed by atoms with Crippen molar-refractivity contribution in [1.29, 1.82) is 0 Å². The number of benzene rings is 1. The Morgan fingerprint density at radius 1 is 1.14 bits per heavy atom. The number of carbonyl (C=O) groups is 3. The molecule has 2 heterocycles. The van der Waals surface area contributed by atoms with Crippen molar-refractivity contribution in [3.8, 4) is 0 Å². The average Bonchev–Trinajstić information content (AvgIpc) is 3.27. The van der Waals surface area contributed by atoms with Gasteiger partial charge in [-0.05, 0) is 43.1 Å². The minimum absolute atomic E-state index is 0.0413. The van der Waals surface area contributed by atoms with Crippen LogP contribution in [0.15, 0.2) is 30.3 Å². The molecule has 1 aromatic carbocycles. The van der Waals surface area contributed by atoms with Crippen molar-refractivity contribution in [3.05, 3.63) is 35.9 Å². The van der Waals surface area contributed by atoms with Crippen molar-refractivity contribution in [1.82, 2.24) is 20.4 Å². The number of rotatable bonds is 10. The van der Waals surface area contributed by atoms with Gasteiger partial charge < -0.3 is 15.4 Å². The molecule has 0 aromatic heterocycles. The molecule has 35 heavy (non-hydrogen) atoms. The molecule has 8 nitrogen and oxygen atoms in total. The van der Waals surface area contributed by atoms with Crippen LogP contribution in [0.2, 0.25) is 0 Å². The maximum Gasteiger partial charge on any atom is 0.410 e. The fourth-order valence-electron chi connectivity index (χ4n) is 5.16. The van der Waals surface area contributed by atoms with Crippen molar-refractivity contribution in [2.75, 3.05) is 26.2 Å². The summed E-state index contributed by atoms with van der Waals surface area (Å²) in [5.74, 6) is 0.798. The Hall–Kier alpha value is -2.61. The lowest BCUT2D eigenvalue weighted by Crippen LogP contribution is -2.58. The van der Waals surface area contributed by atoms with Gasteiger partial charge in [-0.2, -0.15) is 0 Å². The zero-order chi connectivity index (χ0) is 25.4. The molecule has 3 atom stereocenters. The smallest absolute Gasteiger partial charge is 0.410 e. The number of piperazine rings is 1. The van der Waals surface area contributed by atoms with Crippen LogP contribution >= 0.6 is 0 Å². The first kappa shape index (κ1) is 27.0. The molecule has 3 amide bonds.